The quantitative estimate of drug-likeness (QED) is 0.501. The zero-order valence-corrected chi connectivity index (χ0v) is 10.7. The number of benzene rings is 1. The van der Waals surface area contributed by atoms with Crippen LogP contribution >= 0.6 is 0 Å². The molecule has 0 nitrogen and oxygen atoms in total. The fourth-order valence-corrected chi connectivity index (χ4v) is 1.58. The van der Waals surface area contributed by atoms with Gasteiger partial charge < -0.3 is 0 Å². The van der Waals surface area contributed by atoms with Crippen molar-refractivity contribution in [2.45, 2.75) is 52.4 Å². The lowest BCUT2D eigenvalue weighted by Gasteiger charge is -2.03. The van der Waals surface area contributed by atoms with Crippen molar-refractivity contribution in [1.29, 1.82) is 0 Å². The van der Waals surface area contributed by atoms with E-state index >= 15 is 0 Å². The molecule has 0 saturated heterocycles. The first-order chi connectivity index (χ1) is 7.74. The van der Waals surface area contributed by atoms with Gasteiger partial charge in [-0.05, 0) is 30.0 Å². The highest BCUT2D eigenvalue weighted by Gasteiger charge is 1.96. The van der Waals surface area contributed by atoms with Crippen LogP contribution in [0.4, 0.5) is 0 Å². The first-order valence-electron chi connectivity index (χ1n) is 6.33. The third-order valence-corrected chi connectivity index (χ3v) is 2.72. The highest BCUT2D eigenvalue weighted by molar-refractivity contribution is 5.36. The van der Waals surface area contributed by atoms with Crippen molar-refractivity contribution in [3.8, 4) is 11.8 Å². The number of unbranched alkanes of at least 4 members (excludes halogenated alkanes) is 3. The van der Waals surface area contributed by atoms with Gasteiger partial charge in [0.15, 0.2) is 0 Å². The van der Waals surface area contributed by atoms with Gasteiger partial charge in [0, 0.05) is 12.0 Å². The van der Waals surface area contributed by atoms with E-state index in [0.29, 0.717) is 5.92 Å². The van der Waals surface area contributed by atoms with Gasteiger partial charge in [-0.1, -0.05) is 57.6 Å². The summed E-state index contributed by atoms with van der Waals surface area (Å²) in [7, 11) is 0. The van der Waals surface area contributed by atoms with E-state index in [4.69, 9.17) is 0 Å². The predicted octanol–water partition coefficient (Wildman–Crippen LogP) is 4.74. The average molecular weight is 214 g/mol. The van der Waals surface area contributed by atoms with Crippen LogP contribution in [0.1, 0.15) is 63.5 Å². The lowest BCUT2D eigenvalue weighted by Crippen LogP contribution is -1.86. The van der Waals surface area contributed by atoms with Gasteiger partial charge in [0.05, 0.1) is 0 Å². The summed E-state index contributed by atoms with van der Waals surface area (Å²) in [6.07, 6.45) is 4.82. The Labute approximate surface area is 100 Å². The largest absolute Gasteiger partial charge is 0.0979 e. The summed E-state index contributed by atoms with van der Waals surface area (Å²) in [5.41, 5.74) is 2.53. The maximum Gasteiger partial charge on any atom is 0.0245 e. The van der Waals surface area contributed by atoms with Gasteiger partial charge in [-0.3, -0.25) is 0 Å². The molecule has 0 aliphatic heterocycles. The van der Waals surface area contributed by atoms with Gasteiger partial charge in [-0.15, -0.1) is 0 Å². The molecule has 0 spiro atoms. The molecule has 0 aliphatic carbocycles. The Hall–Kier alpha value is -1.22. The van der Waals surface area contributed by atoms with Crippen molar-refractivity contribution < 1.29 is 0 Å². The van der Waals surface area contributed by atoms with Crippen LogP contribution in [-0.2, 0) is 0 Å². The van der Waals surface area contributed by atoms with E-state index in [1.165, 1.54) is 24.8 Å². The molecule has 0 aliphatic rings. The molecule has 1 aromatic rings. The van der Waals surface area contributed by atoms with Gasteiger partial charge in [-0.25, -0.2) is 0 Å². The first-order valence-corrected chi connectivity index (χ1v) is 6.33. The third-order valence-electron chi connectivity index (χ3n) is 2.72. The Bertz CT molecular complexity index is 346. The molecule has 1 aromatic carbocycles. The van der Waals surface area contributed by atoms with Gasteiger partial charge in [0.1, 0.15) is 0 Å². The van der Waals surface area contributed by atoms with Crippen LogP contribution in [0.25, 0.3) is 0 Å². The van der Waals surface area contributed by atoms with Crippen molar-refractivity contribution in [3.63, 3.8) is 0 Å². The van der Waals surface area contributed by atoms with Crippen LogP contribution in [0.3, 0.4) is 0 Å². The van der Waals surface area contributed by atoms with Crippen molar-refractivity contribution >= 4 is 0 Å². The molecule has 0 N–H and O–H groups in total. The highest BCUT2D eigenvalue weighted by atomic mass is 14.0. The van der Waals surface area contributed by atoms with E-state index in [2.05, 4.69) is 56.9 Å². The van der Waals surface area contributed by atoms with Crippen molar-refractivity contribution in [3.05, 3.63) is 35.4 Å². The first kappa shape index (κ1) is 12.8. The fourth-order valence-electron chi connectivity index (χ4n) is 1.58. The zero-order chi connectivity index (χ0) is 11.8. The average Bonchev–Trinajstić information content (AvgIpc) is 2.29. The Morgan fingerprint density at radius 2 is 1.75 bits per heavy atom. The van der Waals surface area contributed by atoms with E-state index in [-0.39, 0.29) is 0 Å². The second-order valence-electron chi connectivity index (χ2n) is 4.54. The number of hydrogen-bond donors (Lipinski definition) is 0. The lowest BCUT2D eigenvalue weighted by atomic mass is 10.0. The summed E-state index contributed by atoms with van der Waals surface area (Å²) in [6, 6.07) is 8.62. The summed E-state index contributed by atoms with van der Waals surface area (Å²) in [5, 5.41) is 0. The summed E-state index contributed by atoms with van der Waals surface area (Å²) >= 11 is 0. The van der Waals surface area contributed by atoms with Crippen molar-refractivity contribution in [2.75, 3.05) is 0 Å². The Morgan fingerprint density at radius 1 is 1.06 bits per heavy atom. The molecule has 0 heterocycles. The Kier molecular flexibility index (Phi) is 5.72. The molecule has 0 fully saturated rings. The molecule has 0 saturated carbocycles. The van der Waals surface area contributed by atoms with Crippen LogP contribution in [-0.4, -0.2) is 0 Å². The minimum atomic E-state index is 0.603. The maximum absolute atomic E-state index is 3.24. The molecule has 0 aromatic heterocycles. The van der Waals surface area contributed by atoms with Gasteiger partial charge in [0.2, 0.25) is 0 Å². The highest BCUT2D eigenvalue weighted by Crippen LogP contribution is 2.14. The molecule has 0 unspecified atom stereocenters. The van der Waals surface area contributed by atoms with Crippen LogP contribution in [0.5, 0.6) is 0 Å². The lowest BCUT2D eigenvalue weighted by molar-refractivity contribution is 0.737. The molecule has 0 radical (unpaired) electrons. The number of rotatable bonds is 4. The van der Waals surface area contributed by atoms with E-state index in [9.17, 15) is 0 Å². The summed E-state index contributed by atoms with van der Waals surface area (Å²) in [4.78, 5) is 0. The van der Waals surface area contributed by atoms with Crippen LogP contribution < -0.4 is 0 Å². The summed E-state index contributed by atoms with van der Waals surface area (Å²) in [5.74, 6) is 7.06. The molecule has 16 heavy (non-hydrogen) atoms. The predicted molar refractivity (Wildman–Crippen MR) is 71.6 cm³/mol. The molecule has 0 bridgehead atoms. The van der Waals surface area contributed by atoms with Crippen LogP contribution in [0.2, 0.25) is 0 Å². The molecular formula is C16H22. The van der Waals surface area contributed by atoms with E-state index in [1.54, 1.807) is 0 Å². The smallest absolute Gasteiger partial charge is 0.0245 e. The zero-order valence-electron chi connectivity index (χ0n) is 10.7. The number of hydrogen-bond acceptors (Lipinski definition) is 0. The minimum Gasteiger partial charge on any atom is -0.0979 e. The van der Waals surface area contributed by atoms with E-state index < -0.39 is 0 Å². The molecule has 0 heteroatoms. The SMILES string of the molecule is CCCCCC#Cc1ccc(C(C)C)cc1. The second kappa shape index (κ2) is 7.12. The van der Waals surface area contributed by atoms with Crippen LogP contribution in [0.15, 0.2) is 24.3 Å². The van der Waals surface area contributed by atoms with E-state index in [1.807, 2.05) is 0 Å². The maximum atomic E-state index is 3.24. The Morgan fingerprint density at radius 3 is 2.31 bits per heavy atom. The topological polar surface area (TPSA) is 0 Å². The summed E-state index contributed by atoms with van der Waals surface area (Å²) < 4.78 is 0. The molecule has 0 amide bonds. The minimum absolute atomic E-state index is 0.603. The fraction of sp³-hybridized carbons (Fsp3) is 0.500. The van der Waals surface area contributed by atoms with Gasteiger partial charge >= 0.3 is 0 Å². The molecular weight excluding hydrogens is 192 g/mol. The van der Waals surface area contributed by atoms with Gasteiger partial charge in [0.25, 0.3) is 0 Å². The Balaban J connectivity index is 2.48. The normalized spacial score (nSPS) is 10.0. The van der Waals surface area contributed by atoms with Gasteiger partial charge in [-0.2, -0.15) is 0 Å². The summed E-state index contributed by atoms with van der Waals surface area (Å²) in [6.45, 7) is 6.65. The van der Waals surface area contributed by atoms with Crippen LogP contribution in [0, 0.1) is 11.8 Å². The second-order valence-corrected chi connectivity index (χ2v) is 4.54. The third kappa shape index (κ3) is 4.53. The molecule has 1 rings (SSSR count). The van der Waals surface area contributed by atoms with Crippen molar-refractivity contribution in [1.82, 2.24) is 0 Å². The molecule has 86 valence electrons. The molecule has 0 atom stereocenters. The van der Waals surface area contributed by atoms with E-state index in [0.717, 1.165) is 12.0 Å². The monoisotopic (exact) mass is 214 g/mol. The van der Waals surface area contributed by atoms with Crippen molar-refractivity contribution in [2.24, 2.45) is 0 Å². The standard InChI is InChI=1S/C16H22/c1-4-5-6-7-8-9-15-10-12-16(13-11-15)14(2)3/h10-14H,4-7H2,1-3H3.